The highest BCUT2D eigenvalue weighted by molar-refractivity contribution is 5.98. The third-order valence-electron chi connectivity index (χ3n) is 4.19. The molecule has 1 aliphatic rings. The lowest BCUT2D eigenvalue weighted by Crippen LogP contribution is -2.43. The molecular formula is C19H26N2O3. The molecule has 1 aliphatic carbocycles. The summed E-state index contributed by atoms with van der Waals surface area (Å²) in [7, 11) is 0. The van der Waals surface area contributed by atoms with E-state index in [-0.39, 0.29) is 5.91 Å². The minimum absolute atomic E-state index is 0.158. The monoisotopic (exact) mass is 330 g/mol. The topological polar surface area (TPSA) is 71.3 Å². The van der Waals surface area contributed by atoms with E-state index in [4.69, 9.17) is 9.47 Å². The van der Waals surface area contributed by atoms with Gasteiger partial charge >= 0.3 is 0 Å². The zero-order valence-electron chi connectivity index (χ0n) is 14.7. The first-order chi connectivity index (χ1) is 11.5. The maximum atomic E-state index is 12.7. The number of nitrogens with one attached hydrogen (secondary N) is 1. The van der Waals surface area contributed by atoms with E-state index in [0.717, 1.165) is 25.7 Å². The largest absolute Gasteiger partial charge is 0.493 e. The molecule has 0 spiro atoms. The lowest BCUT2D eigenvalue weighted by Gasteiger charge is -2.27. The second-order valence-corrected chi connectivity index (χ2v) is 6.61. The van der Waals surface area contributed by atoms with Gasteiger partial charge in [-0.3, -0.25) is 4.79 Å². The zero-order valence-corrected chi connectivity index (χ0v) is 14.7. The number of carbonyl (C=O) groups is 1. The zero-order chi connectivity index (χ0) is 17.6. The van der Waals surface area contributed by atoms with Crippen molar-refractivity contribution in [2.45, 2.75) is 52.1 Å². The van der Waals surface area contributed by atoms with Gasteiger partial charge in [-0.05, 0) is 56.7 Å². The van der Waals surface area contributed by atoms with Crippen LogP contribution in [0.3, 0.4) is 0 Å². The summed E-state index contributed by atoms with van der Waals surface area (Å²) in [5.74, 6) is 0.885. The minimum atomic E-state index is -0.756. The molecule has 0 radical (unpaired) electrons. The molecular weight excluding hydrogens is 304 g/mol. The molecule has 1 saturated carbocycles. The standard InChI is InChI=1S/C19H26N2O3/c1-4-24-19(9-5-6-10-19)18(22)21-17-8-7-16(11-15(17)12-20)23-13-14(2)3/h7-8,11,14H,4-6,9-10,13H2,1-3H3,(H,21,22). The van der Waals surface area contributed by atoms with E-state index in [9.17, 15) is 10.1 Å². The Balaban J connectivity index is 2.14. The highest BCUT2D eigenvalue weighted by Gasteiger charge is 2.42. The fourth-order valence-corrected chi connectivity index (χ4v) is 2.97. The van der Waals surface area contributed by atoms with Crippen LogP contribution in [0.15, 0.2) is 18.2 Å². The van der Waals surface area contributed by atoms with Crippen LogP contribution in [0.5, 0.6) is 5.75 Å². The predicted octanol–water partition coefficient (Wildman–Crippen LogP) is 3.88. The Morgan fingerprint density at radius 2 is 2.08 bits per heavy atom. The van der Waals surface area contributed by atoms with Crippen molar-refractivity contribution >= 4 is 11.6 Å². The Morgan fingerprint density at radius 1 is 1.38 bits per heavy atom. The second kappa shape index (κ2) is 8.16. The Morgan fingerprint density at radius 3 is 2.67 bits per heavy atom. The van der Waals surface area contributed by atoms with E-state index < -0.39 is 5.60 Å². The molecule has 2 rings (SSSR count). The minimum Gasteiger partial charge on any atom is -0.493 e. The summed E-state index contributed by atoms with van der Waals surface area (Å²) in [4.78, 5) is 12.7. The number of amides is 1. The van der Waals surface area contributed by atoms with Crippen molar-refractivity contribution in [2.24, 2.45) is 5.92 Å². The van der Waals surface area contributed by atoms with Gasteiger partial charge in [0.2, 0.25) is 0 Å². The van der Waals surface area contributed by atoms with Gasteiger partial charge in [-0.15, -0.1) is 0 Å². The third kappa shape index (κ3) is 4.27. The van der Waals surface area contributed by atoms with Crippen LogP contribution in [-0.2, 0) is 9.53 Å². The summed E-state index contributed by atoms with van der Waals surface area (Å²) in [6, 6.07) is 7.30. The number of nitriles is 1. The number of ether oxygens (including phenoxy) is 2. The summed E-state index contributed by atoms with van der Waals surface area (Å²) in [6.07, 6.45) is 3.43. The van der Waals surface area contributed by atoms with Gasteiger partial charge in [0.15, 0.2) is 0 Å². The molecule has 5 heteroatoms. The molecule has 5 nitrogen and oxygen atoms in total. The average Bonchev–Trinajstić information content (AvgIpc) is 3.04. The van der Waals surface area contributed by atoms with Gasteiger partial charge in [-0.2, -0.15) is 5.26 Å². The second-order valence-electron chi connectivity index (χ2n) is 6.61. The molecule has 1 aromatic carbocycles. The van der Waals surface area contributed by atoms with Crippen molar-refractivity contribution in [3.63, 3.8) is 0 Å². The Hall–Kier alpha value is -2.06. The van der Waals surface area contributed by atoms with Crippen LogP contribution >= 0.6 is 0 Å². The van der Waals surface area contributed by atoms with Crippen LogP contribution < -0.4 is 10.1 Å². The molecule has 1 aromatic rings. The number of benzene rings is 1. The average molecular weight is 330 g/mol. The van der Waals surface area contributed by atoms with Crippen LogP contribution in [0, 0.1) is 17.2 Å². The van der Waals surface area contributed by atoms with Gasteiger partial charge < -0.3 is 14.8 Å². The van der Waals surface area contributed by atoms with Crippen molar-refractivity contribution in [3.8, 4) is 11.8 Å². The van der Waals surface area contributed by atoms with Gasteiger partial charge in [0.1, 0.15) is 17.4 Å². The molecule has 0 unspecified atom stereocenters. The van der Waals surface area contributed by atoms with Crippen molar-refractivity contribution in [2.75, 3.05) is 18.5 Å². The third-order valence-corrected chi connectivity index (χ3v) is 4.19. The van der Waals surface area contributed by atoms with Gasteiger partial charge in [0.05, 0.1) is 17.9 Å². The molecule has 0 saturated heterocycles. The van der Waals surface area contributed by atoms with E-state index in [1.165, 1.54) is 0 Å². The van der Waals surface area contributed by atoms with Crippen molar-refractivity contribution in [3.05, 3.63) is 23.8 Å². The van der Waals surface area contributed by atoms with E-state index >= 15 is 0 Å². The number of rotatable bonds is 7. The Bertz CT molecular complexity index is 614. The van der Waals surface area contributed by atoms with Crippen LogP contribution in [0.1, 0.15) is 52.0 Å². The summed E-state index contributed by atoms with van der Waals surface area (Å²) in [5, 5.41) is 12.3. The van der Waals surface area contributed by atoms with E-state index in [0.29, 0.717) is 36.1 Å². The normalized spacial score (nSPS) is 16.0. The number of carbonyl (C=O) groups excluding carboxylic acids is 1. The lowest BCUT2D eigenvalue weighted by molar-refractivity contribution is -0.140. The molecule has 130 valence electrons. The summed E-state index contributed by atoms with van der Waals surface area (Å²) >= 11 is 0. The van der Waals surface area contributed by atoms with Crippen molar-refractivity contribution in [1.29, 1.82) is 5.26 Å². The van der Waals surface area contributed by atoms with Crippen LogP contribution in [0.4, 0.5) is 5.69 Å². The molecule has 0 bridgehead atoms. The van der Waals surface area contributed by atoms with Gasteiger partial charge in [-0.25, -0.2) is 0 Å². The summed E-state index contributed by atoms with van der Waals surface area (Å²) in [5.41, 5.74) is 0.147. The molecule has 0 aliphatic heterocycles. The number of nitrogens with zero attached hydrogens (tertiary/aromatic N) is 1. The first kappa shape index (κ1) is 18.3. The van der Waals surface area contributed by atoms with Crippen molar-refractivity contribution in [1.82, 2.24) is 0 Å². The quantitative estimate of drug-likeness (QED) is 0.823. The summed E-state index contributed by atoms with van der Waals surface area (Å²) in [6.45, 7) is 7.11. The fourth-order valence-electron chi connectivity index (χ4n) is 2.97. The van der Waals surface area contributed by atoms with Gasteiger partial charge in [0, 0.05) is 6.61 Å². The SMILES string of the molecule is CCOC1(C(=O)Nc2ccc(OCC(C)C)cc2C#N)CCCC1. The maximum absolute atomic E-state index is 12.7. The first-order valence-electron chi connectivity index (χ1n) is 8.63. The summed E-state index contributed by atoms with van der Waals surface area (Å²) < 4.78 is 11.4. The number of hydrogen-bond acceptors (Lipinski definition) is 4. The van der Waals surface area contributed by atoms with Gasteiger partial charge in [0.25, 0.3) is 5.91 Å². The highest BCUT2D eigenvalue weighted by atomic mass is 16.5. The molecule has 0 aromatic heterocycles. The Labute approximate surface area is 144 Å². The van der Waals surface area contributed by atoms with Crippen LogP contribution in [0.2, 0.25) is 0 Å². The smallest absolute Gasteiger partial charge is 0.256 e. The molecule has 24 heavy (non-hydrogen) atoms. The van der Waals surface area contributed by atoms with Crippen molar-refractivity contribution < 1.29 is 14.3 Å². The van der Waals surface area contributed by atoms with E-state index in [1.54, 1.807) is 18.2 Å². The number of anilines is 1. The molecule has 0 atom stereocenters. The molecule has 1 amide bonds. The maximum Gasteiger partial charge on any atom is 0.256 e. The molecule has 1 N–H and O–H groups in total. The predicted molar refractivity (Wildman–Crippen MR) is 92.9 cm³/mol. The molecule has 1 fully saturated rings. The van der Waals surface area contributed by atoms with Crippen LogP contribution in [-0.4, -0.2) is 24.7 Å². The number of hydrogen-bond donors (Lipinski definition) is 1. The Kier molecular flexibility index (Phi) is 6.22. The van der Waals surface area contributed by atoms with E-state index in [2.05, 4.69) is 25.2 Å². The highest BCUT2D eigenvalue weighted by Crippen LogP contribution is 2.35. The first-order valence-corrected chi connectivity index (χ1v) is 8.63. The van der Waals surface area contributed by atoms with Gasteiger partial charge in [-0.1, -0.05) is 13.8 Å². The van der Waals surface area contributed by atoms with E-state index in [1.807, 2.05) is 6.92 Å². The molecule has 0 heterocycles. The fraction of sp³-hybridized carbons (Fsp3) is 0.579. The van der Waals surface area contributed by atoms with Crippen LogP contribution in [0.25, 0.3) is 0 Å². The lowest BCUT2D eigenvalue weighted by atomic mass is 10.0.